The van der Waals surface area contributed by atoms with Crippen LogP contribution in [0.1, 0.15) is 29.3 Å². The molecule has 2 aliphatic rings. The molecule has 0 bridgehead atoms. The number of piperazine rings is 1. The van der Waals surface area contributed by atoms with E-state index in [1.807, 2.05) is 6.07 Å². The quantitative estimate of drug-likeness (QED) is 0.820. The van der Waals surface area contributed by atoms with E-state index in [4.69, 9.17) is 0 Å². The van der Waals surface area contributed by atoms with Crippen LogP contribution < -0.4 is 15.5 Å². The predicted octanol–water partition coefficient (Wildman–Crippen LogP) is 1.12. The van der Waals surface area contributed by atoms with E-state index in [0.29, 0.717) is 0 Å². The van der Waals surface area contributed by atoms with Gasteiger partial charge in [0.05, 0.1) is 11.3 Å². The average Bonchev–Trinajstić information content (AvgIpc) is 2.40. The molecule has 0 radical (unpaired) electrons. The van der Waals surface area contributed by atoms with Gasteiger partial charge in [-0.3, -0.25) is 4.79 Å². The van der Waals surface area contributed by atoms with Gasteiger partial charge in [0.25, 0.3) is 5.91 Å². The molecule has 4 heteroatoms. The Bertz CT molecular complexity index is 472. The molecule has 1 aromatic rings. The van der Waals surface area contributed by atoms with Gasteiger partial charge >= 0.3 is 0 Å². The highest BCUT2D eigenvalue weighted by Gasteiger charge is 2.32. The second-order valence-electron chi connectivity index (χ2n) is 4.99. The first kappa shape index (κ1) is 11.5. The number of nitrogens with zero attached hydrogens (tertiary/aromatic N) is 1. The first-order valence-corrected chi connectivity index (χ1v) is 6.70. The molecule has 0 spiro atoms. The lowest BCUT2D eigenvalue weighted by atomic mass is 10.0. The smallest absolute Gasteiger partial charge is 0.255 e. The number of carbonyl (C=O) groups is 1. The van der Waals surface area contributed by atoms with Gasteiger partial charge in [-0.25, -0.2) is 0 Å². The van der Waals surface area contributed by atoms with Crippen molar-refractivity contribution in [2.45, 2.75) is 25.9 Å². The first-order valence-electron chi connectivity index (χ1n) is 6.70. The van der Waals surface area contributed by atoms with Gasteiger partial charge in [0.2, 0.25) is 0 Å². The van der Waals surface area contributed by atoms with E-state index in [1.54, 1.807) is 0 Å². The molecule has 1 aromatic carbocycles. The SMILES string of the molecule is CCCc1ccc2c(c1)C(=O)NC1CNCCN21. The molecule has 3 rings (SSSR count). The van der Waals surface area contributed by atoms with Gasteiger partial charge in [0.15, 0.2) is 0 Å². The molecule has 0 aromatic heterocycles. The van der Waals surface area contributed by atoms with E-state index in [1.165, 1.54) is 5.56 Å². The highest BCUT2D eigenvalue weighted by atomic mass is 16.2. The number of nitrogens with one attached hydrogen (secondary N) is 2. The molecule has 0 saturated carbocycles. The van der Waals surface area contributed by atoms with Crippen molar-refractivity contribution in [1.82, 2.24) is 10.6 Å². The summed E-state index contributed by atoms with van der Waals surface area (Å²) < 4.78 is 0. The zero-order chi connectivity index (χ0) is 12.5. The summed E-state index contributed by atoms with van der Waals surface area (Å²) in [5.74, 6) is 0.0629. The molecule has 1 fully saturated rings. The van der Waals surface area contributed by atoms with Crippen molar-refractivity contribution in [2.24, 2.45) is 0 Å². The van der Waals surface area contributed by atoms with Crippen molar-refractivity contribution in [2.75, 3.05) is 24.5 Å². The fourth-order valence-electron chi connectivity index (χ4n) is 2.81. The van der Waals surface area contributed by atoms with E-state index in [0.717, 1.165) is 43.7 Å². The minimum absolute atomic E-state index is 0.0629. The normalized spacial score (nSPS) is 22.2. The largest absolute Gasteiger partial charge is 0.348 e. The lowest BCUT2D eigenvalue weighted by Gasteiger charge is -2.42. The highest BCUT2D eigenvalue weighted by molar-refractivity contribution is 6.02. The average molecular weight is 245 g/mol. The van der Waals surface area contributed by atoms with E-state index in [9.17, 15) is 4.79 Å². The second kappa shape index (κ2) is 4.61. The summed E-state index contributed by atoms with van der Waals surface area (Å²) in [7, 11) is 0. The Morgan fingerprint density at radius 1 is 1.44 bits per heavy atom. The maximum absolute atomic E-state index is 12.1. The molecular formula is C14H19N3O. The molecule has 1 atom stereocenters. The molecule has 2 heterocycles. The Labute approximate surface area is 107 Å². The molecule has 0 aliphatic carbocycles. The van der Waals surface area contributed by atoms with Crippen LogP contribution in [0.4, 0.5) is 5.69 Å². The number of hydrogen-bond acceptors (Lipinski definition) is 3. The number of rotatable bonds is 2. The summed E-state index contributed by atoms with van der Waals surface area (Å²) in [5, 5.41) is 6.38. The lowest BCUT2D eigenvalue weighted by molar-refractivity contribution is 0.0922. The minimum atomic E-state index is 0.0629. The van der Waals surface area contributed by atoms with Gasteiger partial charge < -0.3 is 15.5 Å². The highest BCUT2D eigenvalue weighted by Crippen LogP contribution is 2.28. The third-order valence-electron chi connectivity index (χ3n) is 3.69. The van der Waals surface area contributed by atoms with Gasteiger partial charge in [0, 0.05) is 19.6 Å². The summed E-state index contributed by atoms with van der Waals surface area (Å²) in [6.45, 7) is 4.90. The Morgan fingerprint density at radius 3 is 3.17 bits per heavy atom. The van der Waals surface area contributed by atoms with Crippen molar-refractivity contribution < 1.29 is 4.79 Å². The Morgan fingerprint density at radius 2 is 2.33 bits per heavy atom. The number of carbonyl (C=O) groups excluding carboxylic acids is 1. The molecule has 1 unspecified atom stereocenters. The standard InChI is InChI=1S/C14H19N3O/c1-2-3-10-4-5-12-11(8-10)14(18)16-13-9-15-6-7-17(12)13/h4-5,8,13,15H,2-3,6-7,9H2,1H3,(H,16,18). The third kappa shape index (κ3) is 1.86. The zero-order valence-electron chi connectivity index (χ0n) is 10.7. The Balaban J connectivity index is 1.98. The van der Waals surface area contributed by atoms with Crippen LogP contribution in [0, 0.1) is 0 Å². The summed E-state index contributed by atoms with van der Waals surface area (Å²) in [5.41, 5.74) is 3.17. The van der Waals surface area contributed by atoms with Gasteiger partial charge in [-0.1, -0.05) is 19.4 Å². The number of benzene rings is 1. The van der Waals surface area contributed by atoms with Crippen LogP contribution in [0.5, 0.6) is 0 Å². The molecule has 96 valence electrons. The van der Waals surface area contributed by atoms with Crippen molar-refractivity contribution in [3.05, 3.63) is 29.3 Å². The fourth-order valence-corrected chi connectivity index (χ4v) is 2.81. The van der Waals surface area contributed by atoms with Crippen LogP contribution in [-0.2, 0) is 6.42 Å². The lowest BCUT2D eigenvalue weighted by Crippen LogP contribution is -2.62. The van der Waals surface area contributed by atoms with Crippen molar-refractivity contribution >= 4 is 11.6 Å². The first-order chi connectivity index (χ1) is 8.79. The maximum Gasteiger partial charge on any atom is 0.255 e. The predicted molar refractivity (Wildman–Crippen MR) is 71.9 cm³/mol. The molecule has 1 saturated heterocycles. The Hall–Kier alpha value is -1.55. The van der Waals surface area contributed by atoms with Crippen LogP contribution >= 0.6 is 0 Å². The van der Waals surface area contributed by atoms with Crippen molar-refractivity contribution in [3.8, 4) is 0 Å². The molecular weight excluding hydrogens is 226 g/mol. The minimum Gasteiger partial charge on any atom is -0.348 e. The number of anilines is 1. The van der Waals surface area contributed by atoms with Crippen LogP contribution in [0.2, 0.25) is 0 Å². The van der Waals surface area contributed by atoms with Crippen LogP contribution in [0.3, 0.4) is 0 Å². The monoisotopic (exact) mass is 245 g/mol. The van der Waals surface area contributed by atoms with E-state index in [-0.39, 0.29) is 12.1 Å². The molecule has 2 aliphatic heterocycles. The maximum atomic E-state index is 12.1. The Kier molecular flexibility index (Phi) is 2.96. The van der Waals surface area contributed by atoms with Gasteiger partial charge in [0.1, 0.15) is 6.17 Å². The molecule has 4 nitrogen and oxygen atoms in total. The van der Waals surface area contributed by atoms with E-state index in [2.05, 4.69) is 34.6 Å². The van der Waals surface area contributed by atoms with E-state index < -0.39 is 0 Å². The zero-order valence-corrected chi connectivity index (χ0v) is 10.7. The summed E-state index contributed by atoms with van der Waals surface area (Å²) >= 11 is 0. The molecule has 2 N–H and O–H groups in total. The third-order valence-corrected chi connectivity index (χ3v) is 3.69. The number of fused-ring (bicyclic) bond motifs is 3. The summed E-state index contributed by atoms with van der Waals surface area (Å²) in [4.78, 5) is 14.4. The van der Waals surface area contributed by atoms with Gasteiger partial charge in [-0.15, -0.1) is 0 Å². The van der Waals surface area contributed by atoms with Crippen LogP contribution in [-0.4, -0.2) is 31.7 Å². The fraction of sp³-hybridized carbons (Fsp3) is 0.500. The van der Waals surface area contributed by atoms with Crippen molar-refractivity contribution in [3.63, 3.8) is 0 Å². The van der Waals surface area contributed by atoms with Gasteiger partial charge in [-0.05, 0) is 24.1 Å². The summed E-state index contributed by atoms with van der Waals surface area (Å²) in [6.07, 6.45) is 2.25. The number of aryl methyl sites for hydroxylation is 1. The topological polar surface area (TPSA) is 44.4 Å². The van der Waals surface area contributed by atoms with Gasteiger partial charge in [-0.2, -0.15) is 0 Å². The number of hydrogen-bond donors (Lipinski definition) is 2. The van der Waals surface area contributed by atoms with Crippen molar-refractivity contribution in [1.29, 1.82) is 0 Å². The van der Waals surface area contributed by atoms with Crippen LogP contribution in [0.25, 0.3) is 0 Å². The van der Waals surface area contributed by atoms with E-state index >= 15 is 0 Å². The molecule has 18 heavy (non-hydrogen) atoms. The van der Waals surface area contributed by atoms with Crippen LogP contribution in [0.15, 0.2) is 18.2 Å². The second-order valence-corrected chi connectivity index (χ2v) is 4.99. The summed E-state index contributed by atoms with van der Waals surface area (Å²) in [6, 6.07) is 6.31. The number of amides is 1. The molecule has 1 amide bonds.